The first kappa shape index (κ1) is 11.9. The Hall–Kier alpha value is -1.59. The number of carbonyl (C=O) groups is 1. The van der Waals surface area contributed by atoms with Crippen molar-refractivity contribution in [2.75, 3.05) is 25.1 Å². The fourth-order valence-electron chi connectivity index (χ4n) is 1.81. The van der Waals surface area contributed by atoms with Crippen LogP contribution in [-0.2, 0) is 4.79 Å². The van der Waals surface area contributed by atoms with Gasteiger partial charge in [-0.05, 0) is 17.7 Å². The molecular formula is C12H16N2O3. The number of amides is 1. The number of nitrogens with zero attached hydrogens (tertiary/aromatic N) is 1. The van der Waals surface area contributed by atoms with Gasteiger partial charge in [0.25, 0.3) is 0 Å². The van der Waals surface area contributed by atoms with Crippen molar-refractivity contribution in [1.29, 1.82) is 0 Å². The first-order chi connectivity index (χ1) is 8.13. The number of benzene rings is 1. The van der Waals surface area contributed by atoms with Crippen LogP contribution in [0.2, 0.25) is 0 Å². The van der Waals surface area contributed by atoms with Crippen LogP contribution >= 0.6 is 0 Å². The van der Waals surface area contributed by atoms with Gasteiger partial charge >= 0.3 is 0 Å². The molecule has 92 valence electrons. The second-order valence-electron chi connectivity index (χ2n) is 4.03. The third kappa shape index (κ3) is 2.25. The summed E-state index contributed by atoms with van der Waals surface area (Å²) in [5.74, 6) is 0.662. The third-order valence-electron chi connectivity index (χ3n) is 2.90. The number of aliphatic hydroxyl groups excluding tert-OH is 1. The van der Waals surface area contributed by atoms with Gasteiger partial charge in [-0.15, -0.1) is 0 Å². The zero-order valence-corrected chi connectivity index (χ0v) is 9.72. The minimum atomic E-state index is -0.716. The van der Waals surface area contributed by atoms with E-state index in [2.05, 4.69) is 0 Å². The van der Waals surface area contributed by atoms with Gasteiger partial charge in [-0.3, -0.25) is 4.79 Å². The van der Waals surface area contributed by atoms with Crippen LogP contribution in [0.4, 0.5) is 5.69 Å². The first-order valence-electron chi connectivity index (χ1n) is 5.55. The normalized spacial score (nSPS) is 17.1. The smallest absolute Gasteiger partial charge is 0.230 e. The van der Waals surface area contributed by atoms with Gasteiger partial charge in [0.2, 0.25) is 5.91 Å². The molecule has 17 heavy (non-hydrogen) atoms. The molecule has 1 aromatic rings. The zero-order valence-electron chi connectivity index (χ0n) is 9.72. The molecule has 1 aliphatic heterocycles. The molecule has 0 saturated carbocycles. The Kier molecular flexibility index (Phi) is 3.31. The van der Waals surface area contributed by atoms with E-state index in [-0.39, 0.29) is 12.5 Å². The number of rotatable bonds is 2. The molecule has 1 amide bonds. The average Bonchev–Trinajstić information content (AvgIpc) is 2.49. The first-order valence-corrected chi connectivity index (χ1v) is 5.55. The van der Waals surface area contributed by atoms with Crippen LogP contribution in [0.25, 0.3) is 0 Å². The molecule has 1 heterocycles. The number of hydrogen-bond acceptors (Lipinski definition) is 4. The van der Waals surface area contributed by atoms with Gasteiger partial charge in [0.15, 0.2) is 0 Å². The van der Waals surface area contributed by atoms with Crippen molar-refractivity contribution >= 4 is 11.6 Å². The molecule has 0 aliphatic carbocycles. The molecule has 0 aromatic heterocycles. The summed E-state index contributed by atoms with van der Waals surface area (Å²) in [6, 6.07) is 5.27. The summed E-state index contributed by atoms with van der Waals surface area (Å²) >= 11 is 0. The van der Waals surface area contributed by atoms with Crippen molar-refractivity contribution in [3.8, 4) is 5.75 Å². The van der Waals surface area contributed by atoms with Gasteiger partial charge in [-0.2, -0.15) is 0 Å². The molecule has 0 bridgehead atoms. The highest BCUT2D eigenvalue weighted by atomic mass is 16.5. The van der Waals surface area contributed by atoms with Crippen LogP contribution in [0.5, 0.6) is 5.75 Å². The number of aliphatic hydroxyl groups is 1. The maximum atomic E-state index is 11.7. The predicted molar refractivity (Wildman–Crippen MR) is 64.0 cm³/mol. The van der Waals surface area contributed by atoms with Gasteiger partial charge in [-0.1, -0.05) is 6.07 Å². The van der Waals surface area contributed by atoms with E-state index in [1.807, 2.05) is 0 Å². The summed E-state index contributed by atoms with van der Waals surface area (Å²) in [5, 5.41) is 9.68. The minimum Gasteiger partial charge on any atom is -0.491 e. The monoisotopic (exact) mass is 236 g/mol. The van der Waals surface area contributed by atoms with Crippen molar-refractivity contribution < 1.29 is 14.6 Å². The van der Waals surface area contributed by atoms with Crippen molar-refractivity contribution in [3.05, 3.63) is 23.8 Å². The van der Waals surface area contributed by atoms with Crippen LogP contribution in [0.1, 0.15) is 18.1 Å². The zero-order chi connectivity index (χ0) is 12.4. The Labute approximate surface area is 99.8 Å². The molecule has 1 aromatic carbocycles. The Morgan fingerprint density at radius 2 is 2.35 bits per heavy atom. The van der Waals surface area contributed by atoms with Crippen molar-refractivity contribution in [2.45, 2.75) is 12.5 Å². The summed E-state index contributed by atoms with van der Waals surface area (Å²) < 4.78 is 5.48. The molecule has 0 saturated heterocycles. The van der Waals surface area contributed by atoms with Gasteiger partial charge in [0.1, 0.15) is 5.75 Å². The van der Waals surface area contributed by atoms with E-state index in [0.29, 0.717) is 30.0 Å². The van der Waals surface area contributed by atoms with Crippen LogP contribution in [0, 0.1) is 0 Å². The quantitative estimate of drug-likeness (QED) is 0.780. The van der Waals surface area contributed by atoms with Crippen molar-refractivity contribution in [3.63, 3.8) is 0 Å². The molecule has 1 atom stereocenters. The molecule has 1 aliphatic rings. The summed E-state index contributed by atoms with van der Waals surface area (Å²) in [7, 11) is 1.70. The molecule has 2 rings (SSSR count). The lowest BCUT2D eigenvalue weighted by molar-refractivity contribution is -0.118. The number of ether oxygens (including phenoxy) is 1. The van der Waals surface area contributed by atoms with E-state index >= 15 is 0 Å². The van der Waals surface area contributed by atoms with E-state index in [1.165, 1.54) is 0 Å². The van der Waals surface area contributed by atoms with Crippen LogP contribution in [-0.4, -0.2) is 31.2 Å². The SMILES string of the molecule is CN1C(=O)CCOc2ccc(C(O)CN)cc21. The Morgan fingerprint density at radius 1 is 1.59 bits per heavy atom. The molecule has 3 N–H and O–H groups in total. The number of carbonyl (C=O) groups excluding carboxylic acids is 1. The third-order valence-corrected chi connectivity index (χ3v) is 2.90. The number of fused-ring (bicyclic) bond motifs is 1. The molecule has 5 nitrogen and oxygen atoms in total. The maximum absolute atomic E-state index is 11.7. The molecular weight excluding hydrogens is 220 g/mol. The largest absolute Gasteiger partial charge is 0.491 e. The van der Waals surface area contributed by atoms with E-state index in [1.54, 1.807) is 30.1 Å². The topological polar surface area (TPSA) is 75.8 Å². The molecule has 5 heteroatoms. The number of nitrogens with two attached hydrogens (primary N) is 1. The highest BCUT2D eigenvalue weighted by molar-refractivity contribution is 5.95. The minimum absolute atomic E-state index is 0.00291. The second-order valence-corrected chi connectivity index (χ2v) is 4.03. The average molecular weight is 236 g/mol. The molecule has 0 spiro atoms. The lowest BCUT2D eigenvalue weighted by Crippen LogP contribution is -2.25. The maximum Gasteiger partial charge on any atom is 0.230 e. The van der Waals surface area contributed by atoms with Crippen LogP contribution in [0.3, 0.4) is 0 Å². The summed E-state index contributed by atoms with van der Waals surface area (Å²) in [6.07, 6.45) is -0.355. The van der Waals surface area contributed by atoms with Crippen LogP contribution < -0.4 is 15.4 Å². The lowest BCUT2D eigenvalue weighted by atomic mass is 10.1. The summed E-state index contributed by atoms with van der Waals surface area (Å²) in [4.78, 5) is 13.2. The highest BCUT2D eigenvalue weighted by Crippen LogP contribution is 2.32. The van der Waals surface area contributed by atoms with E-state index in [9.17, 15) is 9.90 Å². The molecule has 1 unspecified atom stereocenters. The summed E-state index contributed by atoms with van der Waals surface area (Å²) in [6.45, 7) is 0.534. The number of anilines is 1. The lowest BCUT2D eigenvalue weighted by Gasteiger charge is -2.18. The summed E-state index contributed by atoms with van der Waals surface area (Å²) in [5.41, 5.74) is 6.78. The van der Waals surface area contributed by atoms with Gasteiger partial charge < -0.3 is 20.5 Å². The van der Waals surface area contributed by atoms with Crippen molar-refractivity contribution in [2.24, 2.45) is 5.73 Å². The predicted octanol–water partition coefficient (Wildman–Crippen LogP) is 0.424. The standard InChI is InChI=1S/C12H16N2O3/c1-14-9-6-8(10(15)7-13)2-3-11(9)17-5-4-12(14)16/h2-3,6,10,15H,4-5,7,13H2,1H3. The van der Waals surface area contributed by atoms with E-state index in [4.69, 9.17) is 10.5 Å². The molecule has 0 radical (unpaired) electrons. The Balaban J connectivity index is 2.41. The second kappa shape index (κ2) is 4.73. The Morgan fingerprint density at radius 3 is 3.06 bits per heavy atom. The molecule has 0 fully saturated rings. The van der Waals surface area contributed by atoms with E-state index in [0.717, 1.165) is 0 Å². The fraction of sp³-hybridized carbons (Fsp3) is 0.417. The Bertz CT molecular complexity index is 434. The van der Waals surface area contributed by atoms with Gasteiger partial charge in [-0.25, -0.2) is 0 Å². The van der Waals surface area contributed by atoms with Crippen molar-refractivity contribution in [1.82, 2.24) is 0 Å². The van der Waals surface area contributed by atoms with Gasteiger partial charge in [0.05, 0.1) is 24.8 Å². The van der Waals surface area contributed by atoms with E-state index < -0.39 is 6.10 Å². The van der Waals surface area contributed by atoms with Gasteiger partial charge in [0, 0.05) is 13.6 Å². The highest BCUT2D eigenvalue weighted by Gasteiger charge is 2.21. The fourth-order valence-corrected chi connectivity index (χ4v) is 1.81. The van der Waals surface area contributed by atoms with Crippen LogP contribution in [0.15, 0.2) is 18.2 Å². The number of hydrogen-bond donors (Lipinski definition) is 2.